The molecule has 2 N–H and O–H groups in total. The number of nitrogens with zero attached hydrogens (tertiary/aromatic N) is 4. The van der Waals surface area contributed by atoms with E-state index in [9.17, 15) is 4.79 Å². The molecule has 3 aromatic heterocycles. The number of aromatic amines is 1. The Kier molecular flexibility index (Phi) is 4.82. The SMILES string of the molecule is O=C(Nc1cccnc1)c1n[nH]c2ccc(-c3cncc(N4CCOCC4)c3)cc12. The van der Waals surface area contributed by atoms with Crippen LogP contribution in [0.4, 0.5) is 11.4 Å². The van der Waals surface area contributed by atoms with Crippen LogP contribution in [0.3, 0.4) is 0 Å². The third kappa shape index (κ3) is 3.60. The molecule has 1 fully saturated rings. The maximum Gasteiger partial charge on any atom is 0.276 e. The first-order chi connectivity index (χ1) is 14.8. The topological polar surface area (TPSA) is 96.0 Å². The Bertz CT molecular complexity index is 1180. The fourth-order valence-corrected chi connectivity index (χ4v) is 3.57. The van der Waals surface area contributed by atoms with E-state index in [1.54, 1.807) is 24.5 Å². The van der Waals surface area contributed by atoms with E-state index in [2.05, 4.69) is 36.4 Å². The molecule has 0 spiro atoms. The number of amides is 1. The lowest BCUT2D eigenvalue weighted by molar-refractivity contribution is 0.102. The monoisotopic (exact) mass is 400 g/mol. The molecule has 0 saturated carbocycles. The summed E-state index contributed by atoms with van der Waals surface area (Å²) in [6, 6.07) is 11.6. The van der Waals surface area contributed by atoms with Crippen molar-refractivity contribution >= 4 is 28.2 Å². The van der Waals surface area contributed by atoms with E-state index in [1.165, 1.54) is 0 Å². The van der Waals surface area contributed by atoms with Crippen molar-refractivity contribution in [3.05, 3.63) is 66.9 Å². The van der Waals surface area contributed by atoms with Crippen molar-refractivity contribution < 1.29 is 9.53 Å². The number of carbonyl (C=O) groups excluding carboxylic acids is 1. The van der Waals surface area contributed by atoms with Crippen LogP contribution >= 0.6 is 0 Å². The van der Waals surface area contributed by atoms with Gasteiger partial charge in [0.05, 0.1) is 42.5 Å². The quantitative estimate of drug-likeness (QED) is 0.546. The van der Waals surface area contributed by atoms with E-state index in [-0.39, 0.29) is 5.91 Å². The maximum absolute atomic E-state index is 12.7. The van der Waals surface area contributed by atoms with Crippen molar-refractivity contribution in [3.63, 3.8) is 0 Å². The van der Waals surface area contributed by atoms with Crippen molar-refractivity contribution in [1.82, 2.24) is 20.2 Å². The summed E-state index contributed by atoms with van der Waals surface area (Å²) in [5.74, 6) is -0.286. The van der Waals surface area contributed by atoms with Gasteiger partial charge < -0.3 is 15.0 Å². The summed E-state index contributed by atoms with van der Waals surface area (Å²) >= 11 is 0. The van der Waals surface area contributed by atoms with Gasteiger partial charge in [-0.1, -0.05) is 6.07 Å². The number of H-pyrrole nitrogens is 1. The van der Waals surface area contributed by atoms with Gasteiger partial charge in [0.2, 0.25) is 0 Å². The highest BCUT2D eigenvalue weighted by molar-refractivity contribution is 6.11. The van der Waals surface area contributed by atoms with Crippen LogP contribution in [0, 0.1) is 0 Å². The Hall–Kier alpha value is -3.78. The van der Waals surface area contributed by atoms with E-state index in [0.717, 1.165) is 54.0 Å². The van der Waals surface area contributed by atoms with Gasteiger partial charge >= 0.3 is 0 Å². The molecule has 1 aliphatic heterocycles. The largest absolute Gasteiger partial charge is 0.378 e. The lowest BCUT2D eigenvalue weighted by atomic mass is 10.0. The molecule has 8 nitrogen and oxygen atoms in total. The summed E-state index contributed by atoms with van der Waals surface area (Å²) < 4.78 is 5.44. The van der Waals surface area contributed by atoms with E-state index in [4.69, 9.17) is 4.74 Å². The number of benzene rings is 1. The fourth-order valence-electron chi connectivity index (χ4n) is 3.57. The van der Waals surface area contributed by atoms with E-state index in [0.29, 0.717) is 11.4 Å². The number of carbonyl (C=O) groups is 1. The zero-order chi connectivity index (χ0) is 20.3. The van der Waals surface area contributed by atoms with E-state index < -0.39 is 0 Å². The molecular weight excluding hydrogens is 380 g/mol. The number of nitrogens with one attached hydrogen (secondary N) is 2. The van der Waals surface area contributed by atoms with Crippen molar-refractivity contribution in [3.8, 4) is 11.1 Å². The smallest absolute Gasteiger partial charge is 0.276 e. The van der Waals surface area contributed by atoms with Crippen LogP contribution in [0.15, 0.2) is 61.2 Å². The highest BCUT2D eigenvalue weighted by Gasteiger charge is 2.16. The van der Waals surface area contributed by atoms with Gasteiger partial charge in [-0.05, 0) is 35.9 Å². The Morgan fingerprint density at radius 2 is 1.93 bits per heavy atom. The molecule has 0 atom stereocenters. The molecule has 1 aliphatic rings. The lowest BCUT2D eigenvalue weighted by Crippen LogP contribution is -2.36. The molecule has 1 amide bonds. The molecule has 4 heterocycles. The van der Waals surface area contributed by atoms with Gasteiger partial charge in [0.15, 0.2) is 5.69 Å². The highest BCUT2D eigenvalue weighted by Crippen LogP contribution is 2.28. The van der Waals surface area contributed by atoms with Gasteiger partial charge in [0.1, 0.15) is 0 Å². The van der Waals surface area contributed by atoms with Gasteiger partial charge in [-0.25, -0.2) is 0 Å². The molecular formula is C22H20N6O2. The normalized spacial score (nSPS) is 14.1. The third-order valence-corrected chi connectivity index (χ3v) is 5.13. The number of rotatable bonds is 4. The Morgan fingerprint density at radius 1 is 1.03 bits per heavy atom. The molecule has 1 aromatic carbocycles. The fraction of sp³-hybridized carbons (Fsp3) is 0.182. The second kappa shape index (κ2) is 7.92. The number of hydrogen-bond donors (Lipinski definition) is 2. The van der Waals surface area contributed by atoms with Crippen molar-refractivity contribution in [1.29, 1.82) is 0 Å². The molecule has 0 unspecified atom stereocenters. The molecule has 4 aromatic rings. The molecule has 0 radical (unpaired) electrons. The molecule has 0 bridgehead atoms. The van der Waals surface area contributed by atoms with Crippen LogP contribution in [0.25, 0.3) is 22.0 Å². The minimum absolute atomic E-state index is 0.286. The number of anilines is 2. The minimum Gasteiger partial charge on any atom is -0.378 e. The zero-order valence-electron chi connectivity index (χ0n) is 16.2. The van der Waals surface area contributed by atoms with Crippen molar-refractivity contribution in [2.24, 2.45) is 0 Å². The van der Waals surface area contributed by atoms with Gasteiger partial charge in [0, 0.05) is 36.4 Å². The zero-order valence-corrected chi connectivity index (χ0v) is 16.2. The van der Waals surface area contributed by atoms with Gasteiger partial charge in [-0.2, -0.15) is 5.10 Å². The van der Waals surface area contributed by atoms with Gasteiger partial charge in [-0.3, -0.25) is 19.9 Å². The number of pyridine rings is 2. The summed E-state index contributed by atoms with van der Waals surface area (Å²) in [6.45, 7) is 3.15. The lowest BCUT2D eigenvalue weighted by Gasteiger charge is -2.28. The van der Waals surface area contributed by atoms with Crippen molar-refractivity contribution in [2.75, 3.05) is 36.5 Å². The van der Waals surface area contributed by atoms with Crippen LogP contribution in [0.5, 0.6) is 0 Å². The second-order valence-electron chi connectivity index (χ2n) is 7.06. The Morgan fingerprint density at radius 3 is 2.77 bits per heavy atom. The number of hydrogen-bond acceptors (Lipinski definition) is 6. The summed E-state index contributed by atoms with van der Waals surface area (Å²) in [5.41, 5.74) is 4.79. The standard InChI is InChI=1S/C22H20N6O2/c29-22(25-17-2-1-5-23-13-17)21-19-11-15(3-4-20(19)26-27-21)16-10-18(14-24-12-16)28-6-8-30-9-7-28/h1-5,10-14H,6-9H2,(H,25,29)(H,26,27). The summed E-state index contributed by atoms with van der Waals surface area (Å²) in [6.07, 6.45) is 6.96. The molecule has 150 valence electrons. The van der Waals surface area contributed by atoms with Crippen LogP contribution in [-0.4, -0.2) is 52.4 Å². The number of aromatic nitrogens is 4. The number of ether oxygens (including phenoxy) is 1. The average molecular weight is 400 g/mol. The number of morpholine rings is 1. The van der Waals surface area contributed by atoms with Crippen LogP contribution in [0.1, 0.15) is 10.5 Å². The summed E-state index contributed by atoms with van der Waals surface area (Å²) in [4.78, 5) is 23.5. The van der Waals surface area contributed by atoms with E-state index >= 15 is 0 Å². The number of fused-ring (bicyclic) bond motifs is 1. The van der Waals surface area contributed by atoms with Crippen LogP contribution < -0.4 is 10.2 Å². The van der Waals surface area contributed by atoms with Gasteiger partial charge in [-0.15, -0.1) is 0 Å². The Balaban J connectivity index is 1.46. The van der Waals surface area contributed by atoms with E-state index in [1.807, 2.05) is 30.6 Å². The van der Waals surface area contributed by atoms with Crippen LogP contribution in [0.2, 0.25) is 0 Å². The highest BCUT2D eigenvalue weighted by atomic mass is 16.5. The summed E-state index contributed by atoms with van der Waals surface area (Å²) in [7, 11) is 0. The average Bonchev–Trinajstić information content (AvgIpc) is 3.24. The molecule has 8 heteroatoms. The molecule has 0 aliphatic carbocycles. The Labute approximate surface area is 172 Å². The maximum atomic E-state index is 12.7. The molecule has 30 heavy (non-hydrogen) atoms. The van der Waals surface area contributed by atoms with Crippen molar-refractivity contribution in [2.45, 2.75) is 0 Å². The first-order valence-corrected chi connectivity index (χ1v) is 9.75. The summed E-state index contributed by atoms with van der Waals surface area (Å²) in [5, 5.41) is 10.7. The first-order valence-electron chi connectivity index (χ1n) is 9.75. The molecule has 1 saturated heterocycles. The minimum atomic E-state index is -0.286. The molecule has 5 rings (SSSR count). The first kappa shape index (κ1) is 18.3. The van der Waals surface area contributed by atoms with Gasteiger partial charge in [0.25, 0.3) is 5.91 Å². The second-order valence-corrected chi connectivity index (χ2v) is 7.06. The van der Waals surface area contributed by atoms with Crippen LogP contribution in [-0.2, 0) is 4.74 Å². The third-order valence-electron chi connectivity index (χ3n) is 5.13. The predicted molar refractivity (Wildman–Crippen MR) is 115 cm³/mol. The predicted octanol–water partition coefficient (Wildman–Crippen LogP) is 3.11.